The summed E-state index contributed by atoms with van der Waals surface area (Å²) in [5, 5.41) is 12.3. The highest BCUT2D eigenvalue weighted by Gasteiger charge is 2.42. The fraction of sp³-hybridized carbons (Fsp3) is 0.400. The minimum Gasteiger partial charge on any atom is -0.300 e. The Balaban J connectivity index is 1.89. The van der Waals surface area contributed by atoms with Gasteiger partial charge in [0.25, 0.3) is 0 Å². The first kappa shape index (κ1) is 13.2. The quantitative estimate of drug-likeness (QED) is 0.942. The molecule has 1 aromatic heterocycles. The van der Waals surface area contributed by atoms with Gasteiger partial charge in [0.1, 0.15) is 5.01 Å². The third-order valence-corrected chi connectivity index (χ3v) is 4.72. The zero-order valence-electron chi connectivity index (χ0n) is 11.4. The molecule has 1 saturated carbocycles. The molecule has 1 N–H and O–H groups in total. The Hall–Kier alpha value is -1.75. The van der Waals surface area contributed by atoms with Gasteiger partial charge in [0.05, 0.1) is 5.41 Å². The Labute approximate surface area is 122 Å². The molecule has 0 saturated heterocycles. The van der Waals surface area contributed by atoms with Crippen LogP contribution in [0.1, 0.15) is 36.3 Å². The van der Waals surface area contributed by atoms with Crippen LogP contribution in [0.15, 0.2) is 30.3 Å². The highest BCUT2D eigenvalue weighted by molar-refractivity contribution is 7.15. The van der Waals surface area contributed by atoms with E-state index in [1.54, 1.807) is 0 Å². The molecule has 0 aliphatic heterocycles. The maximum absolute atomic E-state index is 12.8. The van der Waals surface area contributed by atoms with Gasteiger partial charge in [-0.25, -0.2) is 0 Å². The molecule has 5 heteroatoms. The first-order valence-electron chi connectivity index (χ1n) is 6.88. The average molecular weight is 287 g/mol. The monoisotopic (exact) mass is 287 g/mol. The molecular formula is C15H17N3OS. The largest absolute Gasteiger partial charge is 0.300 e. The van der Waals surface area contributed by atoms with Crippen molar-refractivity contribution in [3.05, 3.63) is 40.9 Å². The Bertz CT molecular complexity index is 603. The van der Waals surface area contributed by atoms with Crippen molar-refractivity contribution in [2.75, 3.05) is 5.32 Å². The second kappa shape index (κ2) is 5.32. The van der Waals surface area contributed by atoms with Gasteiger partial charge in [-0.1, -0.05) is 54.5 Å². The summed E-state index contributed by atoms with van der Waals surface area (Å²) in [6.07, 6.45) is 4.00. The van der Waals surface area contributed by atoms with Gasteiger partial charge in [0.15, 0.2) is 0 Å². The molecule has 0 spiro atoms. The normalized spacial score (nSPS) is 17.1. The lowest BCUT2D eigenvalue weighted by Gasteiger charge is -2.27. The van der Waals surface area contributed by atoms with Crippen LogP contribution in [0.4, 0.5) is 5.13 Å². The van der Waals surface area contributed by atoms with Gasteiger partial charge in [0.2, 0.25) is 11.0 Å². The van der Waals surface area contributed by atoms with Crippen LogP contribution in [-0.2, 0) is 10.2 Å². The molecule has 20 heavy (non-hydrogen) atoms. The van der Waals surface area contributed by atoms with E-state index in [1.165, 1.54) is 11.3 Å². The molecule has 1 aliphatic carbocycles. The van der Waals surface area contributed by atoms with E-state index in [1.807, 2.05) is 25.1 Å². The molecule has 1 heterocycles. The fourth-order valence-electron chi connectivity index (χ4n) is 2.95. The van der Waals surface area contributed by atoms with Crippen molar-refractivity contribution in [2.24, 2.45) is 0 Å². The number of aromatic nitrogens is 2. The van der Waals surface area contributed by atoms with Gasteiger partial charge in [-0.05, 0) is 25.3 Å². The Morgan fingerprint density at radius 2 is 1.90 bits per heavy atom. The molecule has 3 rings (SSSR count). The van der Waals surface area contributed by atoms with Crippen LogP contribution in [0.5, 0.6) is 0 Å². The third kappa shape index (κ3) is 2.33. The number of nitrogens with one attached hydrogen (secondary N) is 1. The van der Waals surface area contributed by atoms with Crippen LogP contribution in [0.25, 0.3) is 0 Å². The first-order chi connectivity index (χ1) is 9.71. The molecule has 4 nitrogen and oxygen atoms in total. The second-order valence-electron chi connectivity index (χ2n) is 5.24. The van der Waals surface area contributed by atoms with Gasteiger partial charge in [0, 0.05) is 0 Å². The van der Waals surface area contributed by atoms with Gasteiger partial charge >= 0.3 is 0 Å². The maximum atomic E-state index is 12.8. The van der Waals surface area contributed by atoms with Crippen LogP contribution < -0.4 is 5.32 Å². The zero-order valence-corrected chi connectivity index (χ0v) is 12.2. The minimum absolute atomic E-state index is 0.0531. The maximum Gasteiger partial charge on any atom is 0.236 e. The molecule has 1 fully saturated rings. The van der Waals surface area contributed by atoms with Gasteiger partial charge in [-0.2, -0.15) is 0 Å². The summed E-state index contributed by atoms with van der Waals surface area (Å²) in [6.45, 7) is 1.88. The van der Waals surface area contributed by atoms with Crippen molar-refractivity contribution >= 4 is 22.4 Å². The second-order valence-corrected chi connectivity index (χ2v) is 6.42. The molecule has 2 aromatic rings. The van der Waals surface area contributed by atoms with E-state index < -0.39 is 5.41 Å². The number of anilines is 1. The van der Waals surface area contributed by atoms with Crippen molar-refractivity contribution in [3.8, 4) is 0 Å². The van der Waals surface area contributed by atoms with Crippen LogP contribution >= 0.6 is 11.3 Å². The van der Waals surface area contributed by atoms with Crippen molar-refractivity contribution in [3.63, 3.8) is 0 Å². The van der Waals surface area contributed by atoms with Crippen LogP contribution in [0.3, 0.4) is 0 Å². The van der Waals surface area contributed by atoms with Crippen molar-refractivity contribution < 1.29 is 4.79 Å². The number of carbonyl (C=O) groups is 1. The number of rotatable bonds is 3. The number of nitrogens with zero attached hydrogens (tertiary/aromatic N) is 2. The van der Waals surface area contributed by atoms with Gasteiger partial charge < -0.3 is 0 Å². The lowest BCUT2D eigenvalue weighted by Crippen LogP contribution is -2.37. The smallest absolute Gasteiger partial charge is 0.236 e. The van der Waals surface area contributed by atoms with Crippen LogP contribution in [0, 0.1) is 6.92 Å². The summed E-state index contributed by atoms with van der Waals surface area (Å²) in [7, 11) is 0. The highest BCUT2D eigenvalue weighted by Crippen LogP contribution is 2.42. The molecule has 0 bridgehead atoms. The highest BCUT2D eigenvalue weighted by atomic mass is 32.1. The number of amides is 1. The minimum atomic E-state index is -0.402. The topological polar surface area (TPSA) is 54.9 Å². The van der Waals surface area contributed by atoms with E-state index in [0.717, 1.165) is 36.3 Å². The molecule has 1 amide bonds. The number of hydrogen-bond acceptors (Lipinski definition) is 4. The average Bonchev–Trinajstić information content (AvgIpc) is 3.10. The van der Waals surface area contributed by atoms with Gasteiger partial charge in [-0.3, -0.25) is 10.1 Å². The predicted octanol–water partition coefficient (Wildman–Crippen LogP) is 3.30. The number of carbonyl (C=O) groups excluding carboxylic acids is 1. The summed E-state index contributed by atoms with van der Waals surface area (Å²) < 4.78 is 0. The van der Waals surface area contributed by atoms with Crippen LogP contribution in [0.2, 0.25) is 0 Å². The standard InChI is InChI=1S/C15H17N3OS/c1-11-17-18-14(20-11)16-13(19)15(9-5-6-10-15)12-7-3-2-4-8-12/h2-4,7-8H,5-6,9-10H2,1H3,(H,16,18,19). The Morgan fingerprint density at radius 1 is 1.20 bits per heavy atom. The van der Waals surface area contributed by atoms with E-state index >= 15 is 0 Å². The Kier molecular flexibility index (Phi) is 3.53. The lowest BCUT2D eigenvalue weighted by atomic mass is 9.78. The van der Waals surface area contributed by atoms with Crippen molar-refractivity contribution in [1.29, 1.82) is 0 Å². The predicted molar refractivity (Wildman–Crippen MR) is 79.9 cm³/mol. The molecule has 0 atom stereocenters. The van der Waals surface area contributed by atoms with E-state index in [2.05, 4.69) is 27.6 Å². The third-order valence-electron chi connectivity index (χ3n) is 3.96. The lowest BCUT2D eigenvalue weighted by molar-refractivity contribution is -0.121. The SMILES string of the molecule is Cc1nnc(NC(=O)C2(c3ccccc3)CCCC2)s1. The molecule has 1 aromatic carbocycles. The number of hydrogen-bond donors (Lipinski definition) is 1. The number of aryl methyl sites for hydroxylation is 1. The van der Waals surface area contributed by atoms with E-state index in [-0.39, 0.29) is 5.91 Å². The zero-order chi connectivity index (χ0) is 14.0. The summed E-state index contributed by atoms with van der Waals surface area (Å²) >= 11 is 1.41. The van der Waals surface area contributed by atoms with Crippen LogP contribution in [-0.4, -0.2) is 16.1 Å². The fourth-order valence-corrected chi connectivity index (χ4v) is 3.53. The first-order valence-corrected chi connectivity index (χ1v) is 7.69. The van der Waals surface area contributed by atoms with Crippen molar-refractivity contribution in [1.82, 2.24) is 10.2 Å². The summed E-state index contributed by atoms with van der Waals surface area (Å²) in [5.74, 6) is 0.0531. The van der Waals surface area contributed by atoms with E-state index in [9.17, 15) is 4.79 Å². The Morgan fingerprint density at radius 3 is 2.50 bits per heavy atom. The van der Waals surface area contributed by atoms with Gasteiger partial charge in [-0.15, -0.1) is 10.2 Å². The number of benzene rings is 1. The molecular weight excluding hydrogens is 270 g/mol. The van der Waals surface area contributed by atoms with E-state index in [0.29, 0.717) is 5.13 Å². The summed E-state index contributed by atoms with van der Waals surface area (Å²) in [4.78, 5) is 12.8. The molecule has 0 unspecified atom stereocenters. The molecule has 104 valence electrons. The summed E-state index contributed by atoms with van der Waals surface area (Å²) in [5.41, 5.74) is 0.706. The van der Waals surface area contributed by atoms with Crippen molar-refractivity contribution in [2.45, 2.75) is 38.0 Å². The molecule has 1 aliphatic rings. The summed E-state index contributed by atoms with van der Waals surface area (Å²) in [6, 6.07) is 10.1. The van der Waals surface area contributed by atoms with E-state index in [4.69, 9.17) is 0 Å². The molecule has 0 radical (unpaired) electrons.